The molecule has 2 fully saturated rings. The van der Waals surface area contributed by atoms with Crippen molar-refractivity contribution < 1.29 is 0 Å². The average molecular weight is 354 g/mol. The van der Waals surface area contributed by atoms with Crippen LogP contribution in [0.15, 0.2) is 30.7 Å². The number of nitrogens with one attached hydrogen (secondary N) is 1. The Labute approximate surface area is 156 Å². The zero-order valence-corrected chi connectivity index (χ0v) is 15.7. The van der Waals surface area contributed by atoms with Crippen molar-refractivity contribution in [1.29, 1.82) is 0 Å². The second-order valence-corrected chi connectivity index (χ2v) is 7.91. The maximum absolute atomic E-state index is 4.39. The predicted octanol–water partition coefficient (Wildman–Crippen LogP) is 3.56. The molecule has 0 radical (unpaired) electrons. The van der Waals surface area contributed by atoms with Crippen molar-refractivity contribution in [3.05, 3.63) is 47.5 Å². The first-order valence-corrected chi connectivity index (χ1v) is 10.2. The fraction of sp³-hybridized carbons (Fsp3) is 0.619. The van der Waals surface area contributed by atoms with Gasteiger partial charge in [-0.05, 0) is 50.0 Å². The quantitative estimate of drug-likeness (QED) is 0.893. The van der Waals surface area contributed by atoms with Gasteiger partial charge in [-0.25, -0.2) is 0 Å². The summed E-state index contributed by atoms with van der Waals surface area (Å²) in [5.74, 6) is 0.705. The molecule has 1 saturated carbocycles. The molecular formula is C21H31N5. The number of aromatic nitrogens is 3. The maximum Gasteiger partial charge on any atom is 0.0535 e. The van der Waals surface area contributed by atoms with E-state index < -0.39 is 0 Å². The van der Waals surface area contributed by atoms with Crippen molar-refractivity contribution >= 4 is 0 Å². The molecule has 0 bridgehead atoms. The van der Waals surface area contributed by atoms with E-state index in [4.69, 9.17) is 0 Å². The summed E-state index contributed by atoms with van der Waals surface area (Å²) >= 11 is 0. The van der Waals surface area contributed by atoms with Gasteiger partial charge in [0.05, 0.1) is 6.20 Å². The minimum absolute atomic E-state index is 0.705. The van der Waals surface area contributed by atoms with E-state index in [1.165, 1.54) is 68.4 Å². The van der Waals surface area contributed by atoms with Gasteiger partial charge in [-0.15, -0.1) is 0 Å². The number of nitrogens with zero attached hydrogens (tertiary/aromatic N) is 4. The summed E-state index contributed by atoms with van der Waals surface area (Å²) in [5.41, 5.74) is 4.21. The van der Waals surface area contributed by atoms with Gasteiger partial charge in [0, 0.05) is 55.7 Å². The van der Waals surface area contributed by atoms with E-state index in [9.17, 15) is 0 Å². The number of aromatic amines is 1. The molecule has 0 spiro atoms. The van der Waals surface area contributed by atoms with E-state index >= 15 is 0 Å². The molecule has 1 aliphatic heterocycles. The lowest BCUT2D eigenvalue weighted by atomic mass is 9.85. The highest BCUT2D eigenvalue weighted by atomic mass is 15.2. The summed E-state index contributed by atoms with van der Waals surface area (Å²) in [6.45, 7) is 6.72. The molecule has 1 saturated heterocycles. The van der Waals surface area contributed by atoms with E-state index in [2.05, 4.69) is 43.3 Å². The Morgan fingerprint density at radius 3 is 2.38 bits per heavy atom. The van der Waals surface area contributed by atoms with Crippen LogP contribution in [0, 0.1) is 0 Å². The third-order valence-corrected chi connectivity index (χ3v) is 6.00. The Bertz CT molecular complexity index is 662. The fourth-order valence-electron chi connectivity index (χ4n) is 4.52. The predicted molar refractivity (Wildman–Crippen MR) is 104 cm³/mol. The van der Waals surface area contributed by atoms with Crippen molar-refractivity contribution in [2.75, 3.05) is 26.2 Å². The largest absolute Gasteiger partial charge is 0.298 e. The second kappa shape index (κ2) is 8.78. The van der Waals surface area contributed by atoms with Crippen LogP contribution in [0.4, 0.5) is 0 Å². The van der Waals surface area contributed by atoms with E-state index in [1.807, 2.05) is 12.4 Å². The molecule has 5 heteroatoms. The molecule has 0 unspecified atom stereocenters. The molecule has 140 valence electrons. The minimum Gasteiger partial charge on any atom is -0.298 e. The van der Waals surface area contributed by atoms with Crippen molar-refractivity contribution in [3.8, 4) is 0 Å². The van der Waals surface area contributed by atoms with Crippen molar-refractivity contribution in [1.82, 2.24) is 25.0 Å². The van der Waals surface area contributed by atoms with Crippen molar-refractivity contribution in [3.63, 3.8) is 0 Å². The first-order chi connectivity index (χ1) is 12.9. The third kappa shape index (κ3) is 4.51. The third-order valence-electron chi connectivity index (χ3n) is 6.00. The summed E-state index contributed by atoms with van der Waals surface area (Å²) in [6.07, 6.45) is 13.9. The molecule has 4 rings (SSSR count). The molecule has 2 aromatic rings. The molecule has 0 aromatic carbocycles. The lowest BCUT2D eigenvalue weighted by Gasteiger charge is -2.24. The highest BCUT2D eigenvalue weighted by molar-refractivity contribution is 5.21. The van der Waals surface area contributed by atoms with Crippen LogP contribution in [-0.2, 0) is 13.1 Å². The SMILES string of the molecule is c1cc(CN2CCCN(Cc3cn[nH]c3C3CCCCC3)CC2)ccn1. The summed E-state index contributed by atoms with van der Waals surface area (Å²) in [6, 6.07) is 4.26. The van der Waals surface area contributed by atoms with Crippen molar-refractivity contribution in [2.45, 2.75) is 57.5 Å². The average Bonchev–Trinajstić information content (AvgIpc) is 3.04. The Balaban J connectivity index is 1.33. The van der Waals surface area contributed by atoms with Crippen LogP contribution in [0.2, 0.25) is 0 Å². The maximum atomic E-state index is 4.39. The molecule has 2 aromatic heterocycles. The summed E-state index contributed by atoms with van der Waals surface area (Å²) in [5, 5.41) is 7.72. The topological polar surface area (TPSA) is 48.0 Å². The standard InChI is InChI=1S/C21H31N5/c1-2-5-19(6-3-1)21-20(15-23-24-21)17-26-12-4-11-25(13-14-26)16-18-7-9-22-10-8-18/h7-10,15,19H,1-6,11-14,16-17H2,(H,23,24). The fourth-order valence-corrected chi connectivity index (χ4v) is 4.52. The number of hydrogen-bond acceptors (Lipinski definition) is 4. The normalized spacial score (nSPS) is 20.9. The molecule has 26 heavy (non-hydrogen) atoms. The first-order valence-electron chi connectivity index (χ1n) is 10.2. The number of rotatable bonds is 5. The Morgan fingerprint density at radius 2 is 1.62 bits per heavy atom. The van der Waals surface area contributed by atoms with E-state index in [-0.39, 0.29) is 0 Å². The zero-order chi connectivity index (χ0) is 17.6. The number of pyridine rings is 1. The van der Waals surface area contributed by atoms with Crippen LogP contribution in [-0.4, -0.2) is 51.2 Å². The molecule has 1 N–H and O–H groups in total. The second-order valence-electron chi connectivity index (χ2n) is 7.91. The monoisotopic (exact) mass is 353 g/mol. The Kier molecular flexibility index (Phi) is 5.97. The molecule has 0 atom stereocenters. The highest BCUT2D eigenvalue weighted by Gasteiger charge is 2.22. The molecule has 0 amide bonds. The Hall–Kier alpha value is -1.72. The number of hydrogen-bond donors (Lipinski definition) is 1. The van der Waals surface area contributed by atoms with Gasteiger partial charge in [-0.3, -0.25) is 19.9 Å². The van der Waals surface area contributed by atoms with Crippen LogP contribution in [0.5, 0.6) is 0 Å². The summed E-state index contributed by atoms with van der Waals surface area (Å²) < 4.78 is 0. The Morgan fingerprint density at radius 1 is 0.885 bits per heavy atom. The summed E-state index contributed by atoms with van der Waals surface area (Å²) in [7, 11) is 0. The van der Waals surface area contributed by atoms with E-state index in [1.54, 1.807) is 0 Å². The molecular weight excluding hydrogens is 322 g/mol. The van der Waals surface area contributed by atoms with Crippen LogP contribution in [0.3, 0.4) is 0 Å². The molecule has 3 heterocycles. The van der Waals surface area contributed by atoms with Gasteiger partial charge in [0.1, 0.15) is 0 Å². The van der Waals surface area contributed by atoms with E-state index in [0.29, 0.717) is 5.92 Å². The lowest BCUT2D eigenvalue weighted by Crippen LogP contribution is -2.30. The number of H-pyrrole nitrogens is 1. The minimum atomic E-state index is 0.705. The van der Waals surface area contributed by atoms with Crippen LogP contribution >= 0.6 is 0 Å². The van der Waals surface area contributed by atoms with E-state index in [0.717, 1.165) is 26.2 Å². The molecule has 1 aliphatic carbocycles. The smallest absolute Gasteiger partial charge is 0.0535 e. The highest BCUT2D eigenvalue weighted by Crippen LogP contribution is 2.33. The lowest BCUT2D eigenvalue weighted by molar-refractivity contribution is 0.246. The van der Waals surface area contributed by atoms with Gasteiger partial charge in [-0.1, -0.05) is 19.3 Å². The molecule has 5 nitrogen and oxygen atoms in total. The van der Waals surface area contributed by atoms with Gasteiger partial charge < -0.3 is 0 Å². The van der Waals surface area contributed by atoms with Crippen LogP contribution < -0.4 is 0 Å². The van der Waals surface area contributed by atoms with Gasteiger partial charge in [0.15, 0.2) is 0 Å². The van der Waals surface area contributed by atoms with Gasteiger partial charge in [-0.2, -0.15) is 5.10 Å². The van der Waals surface area contributed by atoms with Crippen LogP contribution in [0.25, 0.3) is 0 Å². The first kappa shape index (κ1) is 17.7. The zero-order valence-electron chi connectivity index (χ0n) is 15.7. The van der Waals surface area contributed by atoms with Gasteiger partial charge >= 0.3 is 0 Å². The van der Waals surface area contributed by atoms with Gasteiger partial charge in [0.2, 0.25) is 0 Å². The molecule has 2 aliphatic rings. The van der Waals surface area contributed by atoms with Crippen LogP contribution in [0.1, 0.15) is 61.3 Å². The van der Waals surface area contributed by atoms with Crippen molar-refractivity contribution in [2.24, 2.45) is 0 Å². The summed E-state index contributed by atoms with van der Waals surface area (Å²) in [4.78, 5) is 9.31. The van der Waals surface area contributed by atoms with Gasteiger partial charge in [0.25, 0.3) is 0 Å².